The molecule has 1 aromatic carbocycles. The summed E-state index contributed by atoms with van der Waals surface area (Å²) in [6, 6.07) is 4.92. The van der Waals surface area contributed by atoms with Gasteiger partial charge in [-0.15, -0.1) is 5.10 Å². The van der Waals surface area contributed by atoms with Crippen molar-refractivity contribution in [3.63, 3.8) is 0 Å². The number of nitrogens with one attached hydrogen (secondary N) is 1. The van der Waals surface area contributed by atoms with Gasteiger partial charge in [-0.1, -0.05) is 40.6 Å². The van der Waals surface area contributed by atoms with Crippen molar-refractivity contribution in [3.05, 3.63) is 53.5 Å². The number of hydrogen-bond donors (Lipinski definition) is 1. The Morgan fingerprint density at radius 3 is 2.72 bits per heavy atom. The number of amides is 2. The van der Waals surface area contributed by atoms with Crippen LogP contribution in [0.15, 0.2) is 28.1 Å². The predicted octanol–water partition coefficient (Wildman–Crippen LogP) is 1.01. The number of benzene rings is 1. The molecule has 0 aliphatic carbocycles. The Labute approximate surface area is 156 Å². The summed E-state index contributed by atoms with van der Waals surface area (Å²) in [5.41, 5.74) is 3.44. The molecule has 2 atom stereocenters. The van der Waals surface area contributed by atoms with E-state index in [2.05, 4.69) is 10.5 Å². The van der Waals surface area contributed by atoms with Crippen molar-refractivity contribution in [3.8, 4) is 0 Å². The lowest BCUT2D eigenvalue weighted by atomic mass is 10.2. The molecule has 1 fully saturated rings. The quantitative estimate of drug-likeness (QED) is 0.780. The molecular weight excluding hydrogens is 385 g/mol. The number of fused-ring (bicyclic) bond motifs is 3. The van der Waals surface area contributed by atoms with Crippen molar-refractivity contribution < 1.29 is 4.79 Å². The van der Waals surface area contributed by atoms with E-state index >= 15 is 0 Å². The summed E-state index contributed by atoms with van der Waals surface area (Å²) >= 11 is 13.3. The van der Waals surface area contributed by atoms with Crippen LogP contribution >= 0.6 is 34.5 Å². The van der Waals surface area contributed by atoms with Crippen LogP contribution in [0.1, 0.15) is 11.7 Å². The first-order chi connectivity index (χ1) is 11.9. The van der Waals surface area contributed by atoms with E-state index in [-0.39, 0.29) is 17.8 Å². The highest BCUT2D eigenvalue weighted by molar-refractivity contribution is 7.07. The van der Waals surface area contributed by atoms with Gasteiger partial charge in [0, 0.05) is 24.1 Å². The first kappa shape index (κ1) is 16.4. The number of rotatable bonds is 1. The standard InChI is InChI=1S/C15H13Cl2N5O2S/c1-20-11-12(21(2)15(20)24)22-13(23)10(25-14(22)19-18-11)5-7-3-4-8(16)6-9(7)17/h3-6,11-12,18H,1-2H3/b10-5-. The van der Waals surface area contributed by atoms with Gasteiger partial charge in [-0.2, -0.15) is 0 Å². The normalized spacial score (nSPS) is 22.6. The molecular formula is C15H13Cl2N5O2S. The molecule has 1 saturated heterocycles. The maximum Gasteiger partial charge on any atom is 0.323 e. The zero-order valence-corrected chi connectivity index (χ0v) is 15.6. The predicted molar refractivity (Wildman–Crippen MR) is 96.3 cm³/mol. The van der Waals surface area contributed by atoms with E-state index in [1.807, 2.05) is 0 Å². The van der Waals surface area contributed by atoms with Gasteiger partial charge in [-0.25, -0.2) is 4.79 Å². The van der Waals surface area contributed by atoms with Gasteiger partial charge in [-0.3, -0.25) is 14.8 Å². The Kier molecular flexibility index (Phi) is 3.78. The van der Waals surface area contributed by atoms with Crippen molar-refractivity contribution in [2.75, 3.05) is 14.1 Å². The fourth-order valence-corrected chi connectivity index (χ4v) is 4.46. The van der Waals surface area contributed by atoms with Crippen molar-refractivity contribution in [2.24, 2.45) is 5.10 Å². The maximum absolute atomic E-state index is 12.9. The molecule has 1 N–H and O–H groups in total. The summed E-state index contributed by atoms with van der Waals surface area (Å²) in [5, 5.41) is 5.24. The van der Waals surface area contributed by atoms with Crippen LogP contribution in [-0.4, -0.2) is 40.7 Å². The molecule has 2 aliphatic rings. The van der Waals surface area contributed by atoms with Gasteiger partial charge in [0.05, 0.1) is 4.53 Å². The summed E-state index contributed by atoms with van der Waals surface area (Å²) in [5.74, 6) is 0. The van der Waals surface area contributed by atoms with Gasteiger partial charge in [-0.05, 0) is 23.8 Å². The number of thiazole rings is 1. The van der Waals surface area contributed by atoms with Crippen molar-refractivity contribution >= 4 is 46.6 Å². The second-order valence-corrected chi connectivity index (χ2v) is 7.69. The fraction of sp³-hybridized carbons (Fsp3) is 0.267. The van der Waals surface area contributed by atoms with E-state index in [9.17, 15) is 9.59 Å². The Morgan fingerprint density at radius 1 is 1.24 bits per heavy atom. The summed E-state index contributed by atoms with van der Waals surface area (Å²) in [4.78, 5) is 28.7. The molecule has 4 rings (SSSR count). The van der Waals surface area contributed by atoms with Crippen LogP contribution in [-0.2, 0) is 0 Å². The molecule has 0 saturated carbocycles. The Morgan fingerprint density at radius 2 is 2.00 bits per heavy atom. The molecule has 130 valence electrons. The van der Waals surface area contributed by atoms with Crippen molar-refractivity contribution in [1.82, 2.24) is 19.8 Å². The monoisotopic (exact) mass is 397 g/mol. The van der Waals surface area contributed by atoms with E-state index in [1.165, 1.54) is 21.1 Å². The van der Waals surface area contributed by atoms with Crippen LogP contribution in [0.2, 0.25) is 10.0 Å². The number of halogens is 2. The number of nitrogens with zero attached hydrogens (tertiary/aromatic N) is 4. The van der Waals surface area contributed by atoms with Crippen LogP contribution in [0.25, 0.3) is 6.08 Å². The van der Waals surface area contributed by atoms with Gasteiger partial charge in [0.25, 0.3) is 5.56 Å². The minimum Gasteiger partial charge on any atom is -0.303 e. The molecule has 0 radical (unpaired) electrons. The maximum atomic E-state index is 12.9. The number of hydrogen-bond acceptors (Lipinski definition) is 5. The molecule has 0 bridgehead atoms. The van der Waals surface area contributed by atoms with Crippen LogP contribution in [0.5, 0.6) is 0 Å². The molecule has 2 unspecified atom stereocenters. The Hall–Kier alpha value is -2.03. The summed E-state index contributed by atoms with van der Waals surface area (Å²) in [6.07, 6.45) is 0.878. The van der Waals surface area contributed by atoms with Gasteiger partial charge in [0.15, 0.2) is 12.3 Å². The lowest BCUT2D eigenvalue weighted by Crippen LogP contribution is -2.52. The molecule has 7 nitrogen and oxygen atoms in total. The van der Waals surface area contributed by atoms with E-state index in [0.29, 0.717) is 24.9 Å². The minimum atomic E-state index is -0.448. The largest absolute Gasteiger partial charge is 0.323 e. The molecule has 10 heteroatoms. The molecule has 3 heterocycles. The second kappa shape index (κ2) is 5.76. The van der Waals surface area contributed by atoms with Crippen molar-refractivity contribution in [2.45, 2.75) is 12.3 Å². The summed E-state index contributed by atoms with van der Waals surface area (Å²) in [6.45, 7) is 0. The third-order valence-corrected chi connectivity index (χ3v) is 5.89. The SMILES string of the molecule is CN1C(=O)N(C)C2C1NN=c1s/c(=C\c3ccc(Cl)cc3Cl)c(=O)n12. The van der Waals surface area contributed by atoms with Crippen LogP contribution in [0.3, 0.4) is 0 Å². The first-order valence-electron chi connectivity index (χ1n) is 7.39. The third kappa shape index (κ3) is 2.44. The molecule has 2 amide bonds. The smallest absolute Gasteiger partial charge is 0.303 e. The molecule has 0 spiro atoms. The van der Waals surface area contributed by atoms with Gasteiger partial charge >= 0.3 is 6.03 Å². The van der Waals surface area contributed by atoms with E-state index in [0.717, 1.165) is 0 Å². The van der Waals surface area contributed by atoms with Crippen LogP contribution in [0, 0.1) is 0 Å². The number of urea groups is 1. The van der Waals surface area contributed by atoms with E-state index in [1.54, 1.807) is 42.9 Å². The molecule has 2 aromatic rings. The first-order valence-corrected chi connectivity index (χ1v) is 8.96. The number of carbonyl (C=O) groups excluding carboxylic acids is 1. The van der Waals surface area contributed by atoms with Crippen LogP contribution in [0.4, 0.5) is 4.79 Å². The molecule has 25 heavy (non-hydrogen) atoms. The molecule has 1 aromatic heterocycles. The summed E-state index contributed by atoms with van der Waals surface area (Å²) < 4.78 is 2.03. The third-order valence-electron chi connectivity index (χ3n) is 4.34. The number of carbonyl (C=O) groups is 1. The van der Waals surface area contributed by atoms with Gasteiger partial charge < -0.3 is 9.80 Å². The Balaban J connectivity index is 1.89. The minimum absolute atomic E-state index is 0.171. The van der Waals surface area contributed by atoms with E-state index in [4.69, 9.17) is 23.2 Å². The van der Waals surface area contributed by atoms with E-state index < -0.39 is 6.17 Å². The number of aromatic nitrogens is 1. The average Bonchev–Trinajstić information content (AvgIpc) is 3.00. The molecule has 2 aliphatic heterocycles. The fourth-order valence-electron chi connectivity index (χ4n) is 3.04. The topological polar surface area (TPSA) is 69.9 Å². The number of likely N-dealkylation sites (N-methyl/N-ethyl adjacent to an activating group) is 2. The highest BCUT2D eigenvalue weighted by Gasteiger charge is 2.46. The van der Waals surface area contributed by atoms with Crippen LogP contribution < -0.4 is 20.3 Å². The van der Waals surface area contributed by atoms with Crippen molar-refractivity contribution in [1.29, 1.82) is 0 Å². The average molecular weight is 398 g/mol. The second-order valence-electron chi connectivity index (χ2n) is 5.84. The lowest BCUT2D eigenvalue weighted by molar-refractivity contribution is 0.171. The highest BCUT2D eigenvalue weighted by Crippen LogP contribution is 2.26. The zero-order valence-electron chi connectivity index (χ0n) is 13.2. The van der Waals surface area contributed by atoms with Gasteiger partial charge in [0.1, 0.15) is 0 Å². The zero-order chi connectivity index (χ0) is 17.9. The highest BCUT2D eigenvalue weighted by atomic mass is 35.5. The van der Waals surface area contributed by atoms with Gasteiger partial charge in [0.2, 0.25) is 4.80 Å². The lowest BCUT2D eigenvalue weighted by Gasteiger charge is -2.27. The Bertz CT molecular complexity index is 1060. The summed E-state index contributed by atoms with van der Waals surface area (Å²) in [7, 11) is 3.35.